The van der Waals surface area contributed by atoms with Crippen molar-refractivity contribution in [2.45, 2.75) is 0 Å². The predicted octanol–water partition coefficient (Wildman–Crippen LogP) is 4.17. The van der Waals surface area contributed by atoms with Crippen LogP contribution in [-0.4, -0.2) is 24.9 Å². The van der Waals surface area contributed by atoms with Gasteiger partial charge in [-0.2, -0.15) is 10.4 Å². The Bertz CT molecular complexity index is 941. The molecule has 0 radical (unpaired) electrons. The monoisotopic (exact) mass is 364 g/mol. The molecule has 0 bridgehead atoms. The lowest BCUT2D eigenvalue weighted by Crippen LogP contribution is -2.01. The van der Waals surface area contributed by atoms with E-state index >= 15 is 0 Å². The number of benzene rings is 2. The van der Waals surface area contributed by atoms with Gasteiger partial charge in [0.25, 0.3) is 0 Å². The number of methoxy groups -OCH3 is 2. The molecule has 0 saturated heterocycles. The molecule has 2 aromatic carbocycles. The minimum atomic E-state index is 0.227. The van der Waals surface area contributed by atoms with Crippen LogP contribution in [0, 0.1) is 11.3 Å². The van der Waals surface area contributed by atoms with Gasteiger partial charge in [-0.05, 0) is 48.5 Å². The van der Waals surface area contributed by atoms with E-state index < -0.39 is 0 Å². The summed E-state index contributed by atoms with van der Waals surface area (Å²) in [5.41, 5.74) is 5.60. The highest BCUT2D eigenvalue weighted by molar-refractivity contribution is 7.12. The number of nitrogens with one attached hydrogen (secondary N) is 1. The molecule has 0 atom stereocenters. The zero-order valence-corrected chi connectivity index (χ0v) is 15.1. The van der Waals surface area contributed by atoms with Crippen LogP contribution in [0.1, 0.15) is 5.01 Å². The quantitative estimate of drug-likeness (QED) is 0.525. The molecule has 26 heavy (non-hydrogen) atoms. The largest absolute Gasteiger partial charge is 0.497 e. The van der Waals surface area contributed by atoms with Crippen molar-refractivity contribution in [3.05, 3.63) is 58.9 Å². The molecule has 0 spiro atoms. The number of hydrazone groups is 1. The van der Waals surface area contributed by atoms with E-state index in [1.807, 2.05) is 53.9 Å². The lowest BCUT2D eigenvalue weighted by atomic mass is 10.2. The fraction of sp³-hybridized carbons (Fsp3) is 0.105. The van der Waals surface area contributed by atoms with Gasteiger partial charge >= 0.3 is 0 Å². The molecule has 130 valence electrons. The summed E-state index contributed by atoms with van der Waals surface area (Å²) in [5, 5.41) is 16.0. The number of anilines is 1. The van der Waals surface area contributed by atoms with Crippen molar-refractivity contribution in [2.75, 3.05) is 19.6 Å². The van der Waals surface area contributed by atoms with Gasteiger partial charge in [-0.15, -0.1) is 11.3 Å². The average Bonchev–Trinajstić information content (AvgIpc) is 3.19. The van der Waals surface area contributed by atoms with Crippen molar-refractivity contribution in [1.82, 2.24) is 4.98 Å². The number of nitriles is 1. The minimum absolute atomic E-state index is 0.227. The molecule has 0 aliphatic heterocycles. The highest BCUT2D eigenvalue weighted by Gasteiger charge is 2.10. The predicted molar refractivity (Wildman–Crippen MR) is 103 cm³/mol. The van der Waals surface area contributed by atoms with Crippen molar-refractivity contribution in [3.63, 3.8) is 0 Å². The van der Waals surface area contributed by atoms with Crippen LogP contribution in [0.25, 0.3) is 11.3 Å². The molecule has 0 aliphatic rings. The Morgan fingerprint density at radius 3 is 2.23 bits per heavy atom. The third kappa shape index (κ3) is 3.99. The summed E-state index contributed by atoms with van der Waals surface area (Å²) in [5.74, 6) is 1.54. The van der Waals surface area contributed by atoms with Crippen LogP contribution in [0.4, 0.5) is 5.69 Å². The number of rotatable bonds is 6. The molecule has 0 unspecified atom stereocenters. The van der Waals surface area contributed by atoms with Crippen LogP contribution in [0.3, 0.4) is 0 Å². The Balaban J connectivity index is 1.77. The van der Waals surface area contributed by atoms with Gasteiger partial charge < -0.3 is 9.47 Å². The van der Waals surface area contributed by atoms with Crippen LogP contribution >= 0.6 is 11.3 Å². The number of hydrogen-bond donors (Lipinski definition) is 1. The first-order valence-corrected chi connectivity index (χ1v) is 8.59. The van der Waals surface area contributed by atoms with Crippen molar-refractivity contribution in [2.24, 2.45) is 5.10 Å². The maximum Gasteiger partial charge on any atom is 0.196 e. The number of thiazole rings is 1. The zero-order chi connectivity index (χ0) is 18.4. The summed E-state index contributed by atoms with van der Waals surface area (Å²) < 4.78 is 10.3. The molecule has 0 aliphatic carbocycles. The molecule has 1 aromatic heterocycles. The topological polar surface area (TPSA) is 79.5 Å². The van der Waals surface area contributed by atoms with Crippen LogP contribution in [0.2, 0.25) is 0 Å². The van der Waals surface area contributed by atoms with Crippen LogP contribution < -0.4 is 14.9 Å². The lowest BCUT2D eigenvalue weighted by molar-refractivity contribution is 0.415. The van der Waals surface area contributed by atoms with E-state index in [-0.39, 0.29) is 5.71 Å². The number of nitrogens with zero attached hydrogens (tertiary/aromatic N) is 3. The molecule has 1 heterocycles. The number of aromatic nitrogens is 1. The van der Waals surface area contributed by atoms with E-state index in [2.05, 4.69) is 21.6 Å². The SMILES string of the molecule is COc1ccc(NN=C(C#N)c2nc(-c3ccc(OC)cc3)cs2)cc1. The van der Waals surface area contributed by atoms with E-state index in [4.69, 9.17) is 9.47 Å². The third-order valence-electron chi connectivity index (χ3n) is 3.59. The van der Waals surface area contributed by atoms with Gasteiger partial charge in [0.05, 0.1) is 25.6 Å². The van der Waals surface area contributed by atoms with Gasteiger partial charge in [0, 0.05) is 10.9 Å². The van der Waals surface area contributed by atoms with E-state index in [9.17, 15) is 5.26 Å². The zero-order valence-electron chi connectivity index (χ0n) is 14.3. The Kier molecular flexibility index (Phi) is 5.46. The van der Waals surface area contributed by atoms with Gasteiger partial charge in [-0.3, -0.25) is 5.43 Å². The van der Waals surface area contributed by atoms with Crippen molar-refractivity contribution in [1.29, 1.82) is 5.26 Å². The van der Waals surface area contributed by atoms with E-state index in [1.54, 1.807) is 14.2 Å². The second-order valence-corrected chi connectivity index (χ2v) is 6.04. The smallest absolute Gasteiger partial charge is 0.196 e. The van der Waals surface area contributed by atoms with Crippen molar-refractivity contribution >= 4 is 22.7 Å². The fourth-order valence-electron chi connectivity index (χ4n) is 2.18. The normalized spacial score (nSPS) is 10.9. The summed E-state index contributed by atoms with van der Waals surface area (Å²) in [7, 11) is 3.23. The minimum Gasteiger partial charge on any atom is -0.497 e. The number of ether oxygens (including phenoxy) is 2. The second-order valence-electron chi connectivity index (χ2n) is 5.18. The maximum absolute atomic E-state index is 9.40. The molecule has 6 nitrogen and oxygen atoms in total. The Hall–Kier alpha value is -3.37. The summed E-state index contributed by atoms with van der Waals surface area (Å²) in [6.07, 6.45) is 0. The van der Waals surface area contributed by atoms with Gasteiger partial charge in [0.2, 0.25) is 0 Å². The third-order valence-corrected chi connectivity index (χ3v) is 4.43. The molecular weight excluding hydrogens is 348 g/mol. The van der Waals surface area contributed by atoms with Crippen molar-refractivity contribution < 1.29 is 9.47 Å². The van der Waals surface area contributed by atoms with Crippen molar-refractivity contribution in [3.8, 4) is 28.8 Å². The molecule has 7 heteroatoms. The summed E-state index contributed by atoms with van der Waals surface area (Å²) in [6.45, 7) is 0. The Morgan fingerprint density at radius 2 is 1.65 bits per heavy atom. The lowest BCUT2D eigenvalue weighted by Gasteiger charge is -2.02. The highest BCUT2D eigenvalue weighted by Crippen LogP contribution is 2.24. The standard InChI is InChI=1S/C19H16N4O2S/c1-24-15-7-3-13(4-8-15)18-12-26-19(21-18)17(11-20)23-22-14-5-9-16(25-2)10-6-14/h3-10,12,22H,1-2H3. The fourth-order valence-corrected chi connectivity index (χ4v) is 2.95. The molecule has 0 amide bonds. The molecular formula is C19H16N4O2S. The van der Waals surface area contributed by atoms with Crippen LogP contribution in [-0.2, 0) is 0 Å². The summed E-state index contributed by atoms with van der Waals surface area (Å²) >= 11 is 1.37. The Labute approximate surface area is 155 Å². The molecule has 3 aromatic rings. The first-order chi connectivity index (χ1) is 12.7. The van der Waals surface area contributed by atoms with Gasteiger partial charge in [-0.25, -0.2) is 4.98 Å². The van der Waals surface area contributed by atoms with E-state index in [0.717, 1.165) is 28.4 Å². The van der Waals surface area contributed by atoms with Crippen LogP contribution in [0.5, 0.6) is 11.5 Å². The van der Waals surface area contributed by atoms with Crippen LogP contribution in [0.15, 0.2) is 59.0 Å². The molecule has 0 fully saturated rings. The van der Waals surface area contributed by atoms with E-state index in [0.29, 0.717) is 5.01 Å². The Morgan fingerprint density at radius 1 is 1.04 bits per heavy atom. The molecule has 1 N–H and O–H groups in total. The van der Waals surface area contributed by atoms with Gasteiger partial charge in [0.1, 0.15) is 17.6 Å². The van der Waals surface area contributed by atoms with E-state index in [1.165, 1.54) is 11.3 Å². The highest BCUT2D eigenvalue weighted by atomic mass is 32.1. The number of hydrogen-bond acceptors (Lipinski definition) is 7. The maximum atomic E-state index is 9.40. The first-order valence-electron chi connectivity index (χ1n) is 7.71. The van der Waals surface area contributed by atoms with Gasteiger partial charge in [-0.1, -0.05) is 0 Å². The summed E-state index contributed by atoms with van der Waals surface area (Å²) in [6, 6.07) is 17.0. The van der Waals surface area contributed by atoms with Gasteiger partial charge in [0.15, 0.2) is 10.7 Å². The second kappa shape index (κ2) is 8.14. The molecule has 0 saturated carbocycles. The average molecular weight is 364 g/mol. The molecule has 3 rings (SSSR count). The first kappa shape index (κ1) is 17.5. The summed E-state index contributed by atoms with van der Waals surface area (Å²) in [4.78, 5) is 4.51.